The van der Waals surface area contributed by atoms with Crippen LogP contribution in [-0.4, -0.2) is 23.4 Å². The molecule has 6 nitrogen and oxygen atoms in total. The summed E-state index contributed by atoms with van der Waals surface area (Å²) in [6.45, 7) is 2.45. The second-order valence-electron chi connectivity index (χ2n) is 4.11. The van der Waals surface area contributed by atoms with Crippen LogP contribution in [-0.2, 0) is 0 Å². The van der Waals surface area contributed by atoms with E-state index in [1.807, 2.05) is 6.92 Å². The van der Waals surface area contributed by atoms with Crippen LogP contribution in [0.4, 0.5) is 0 Å². The Morgan fingerprint density at radius 1 is 1.05 bits per heavy atom. The van der Waals surface area contributed by atoms with Gasteiger partial charge in [0.1, 0.15) is 5.75 Å². The third-order valence-corrected chi connectivity index (χ3v) is 2.64. The maximum absolute atomic E-state index is 11.9. The number of pyridine rings is 1. The van der Waals surface area contributed by atoms with E-state index < -0.39 is 11.8 Å². The molecule has 6 heteroatoms. The quantitative estimate of drug-likeness (QED) is 0.835. The molecule has 21 heavy (non-hydrogen) atoms. The Labute approximate surface area is 122 Å². The molecule has 0 atom stereocenters. The van der Waals surface area contributed by atoms with Crippen molar-refractivity contribution in [3.63, 3.8) is 0 Å². The summed E-state index contributed by atoms with van der Waals surface area (Å²) in [5, 5.41) is 0. The fraction of sp³-hybridized carbons (Fsp3) is 0.133. The van der Waals surface area contributed by atoms with Crippen molar-refractivity contribution in [2.75, 3.05) is 6.61 Å². The molecule has 0 saturated carbocycles. The zero-order valence-electron chi connectivity index (χ0n) is 11.5. The van der Waals surface area contributed by atoms with E-state index >= 15 is 0 Å². The van der Waals surface area contributed by atoms with Crippen LogP contribution in [0.25, 0.3) is 0 Å². The smallest absolute Gasteiger partial charge is 0.271 e. The van der Waals surface area contributed by atoms with E-state index in [0.29, 0.717) is 23.5 Å². The fourth-order valence-corrected chi connectivity index (χ4v) is 1.62. The summed E-state index contributed by atoms with van der Waals surface area (Å²) in [4.78, 5) is 27.4. The van der Waals surface area contributed by atoms with Crippen LogP contribution in [0, 0.1) is 0 Å². The summed E-state index contributed by atoms with van der Waals surface area (Å²) in [5.41, 5.74) is 5.46. The monoisotopic (exact) mass is 285 g/mol. The number of hydrazine groups is 1. The number of rotatable bonds is 4. The van der Waals surface area contributed by atoms with E-state index in [1.54, 1.807) is 42.6 Å². The molecule has 0 saturated heterocycles. The van der Waals surface area contributed by atoms with Gasteiger partial charge in [-0.05, 0) is 43.3 Å². The Bertz CT molecular complexity index is 612. The van der Waals surface area contributed by atoms with Crippen molar-refractivity contribution in [3.8, 4) is 5.75 Å². The summed E-state index contributed by atoms with van der Waals surface area (Å²) >= 11 is 0. The number of nitrogens with one attached hydrogen (secondary N) is 2. The molecule has 0 spiro atoms. The molecular weight excluding hydrogens is 270 g/mol. The lowest BCUT2D eigenvalue weighted by atomic mass is 10.2. The molecule has 0 unspecified atom stereocenters. The van der Waals surface area contributed by atoms with E-state index in [4.69, 9.17) is 4.74 Å². The van der Waals surface area contributed by atoms with Gasteiger partial charge >= 0.3 is 0 Å². The first-order valence-corrected chi connectivity index (χ1v) is 6.44. The number of carbonyl (C=O) groups excluding carboxylic acids is 2. The minimum absolute atomic E-state index is 0.365. The number of carbonyl (C=O) groups is 2. The zero-order chi connectivity index (χ0) is 15.1. The molecule has 0 aliphatic heterocycles. The average Bonchev–Trinajstić information content (AvgIpc) is 2.54. The molecule has 2 amide bonds. The van der Waals surface area contributed by atoms with Gasteiger partial charge in [-0.25, -0.2) is 0 Å². The number of hydrogen-bond donors (Lipinski definition) is 2. The highest BCUT2D eigenvalue weighted by molar-refractivity contribution is 5.98. The normalized spacial score (nSPS) is 9.76. The van der Waals surface area contributed by atoms with Crippen molar-refractivity contribution in [1.29, 1.82) is 0 Å². The molecule has 0 radical (unpaired) electrons. The molecule has 0 bridgehead atoms. The van der Waals surface area contributed by atoms with Gasteiger partial charge in [0.15, 0.2) is 0 Å². The average molecular weight is 285 g/mol. The van der Waals surface area contributed by atoms with Gasteiger partial charge in [0.2, 0.25) is 0 Å². The van der Waals surface area contributed by atoms with Gasteiger partial charge in [-0.3, -0.25) is 25.4 Å². The molecule has 2 aromatic rings. The second kappa shape index (κ2) is 7.04. The second-order valence-corrected chi connectivity index (χ2v) is 4.11. The zero-order valence-corrected chi connectivity index (χ0v) is 11.5. The molecule has 0 fully saturated rings. The Hall–Kier alpha value is -2.89. The van der Waals surface area contributed by atoms with Crippen LogP contribution < -0.4 is 15.6 Å². The third-order valence-electron chi connectivity index (χ3n) is 2.64. The van der Waals surface area contributed by atoms with Crippen molar-refractivity contribution in [1.82, 2.24) is 15.8 Å². The minimum atomic E-state index is -0.428. The predicted molar refractivity (Wildman–Crippen MR) is 76.8 cm³/mol. The van der Waals surface area contributed by atoms with E-state index in [2.05, 4.69) is 15.8 Å². The van der Waals surface area contributed by atoms with Gasteiger partial charge in [-0.2, -0.15) is 0 Å². The van der Waals surface area contributed by atoms with Crippen LogP contribution in [0.15, 0.2) is 48.8 Å². The Kier molecular flexibility index (Phi) is 4.87. The maximum atomic E-state index is 11.9. The van der Waals surface area contributed by atoms with Crippen LogP contribution >= 0.6 is 0 Å². The number of ether oxygens (including phenoxy) is 1. The van der Waals surface area contributed by atoms with Crippen molar-refractivity contribution in [3.05, 3.63) is 59.9 Å². The summed E-state index contributed by atoms with van der Waals surface area (Å²) in [7, 11) is 0. The lowest BCUT2D eigenvalue weighted by Crippen LogP contribution is -2.41. The van der Waals surface area contributed by atoms with Crippen LogP contribution in [0.2, 0.25) is 0 Å². The Morgan fingerprint density at radius 2 is 1.71 bits per heavy atom. The van der Waals surface area contributed by atoms with Crippen LogP contribution in [0.1, 0.15) is 27.6 Å². The van der Waals surface area contributed by atoms with Gasteiger partial charge in [-0.1, -0.05) is 0 Å². The van der Waals surface area contributed by atoms with Gasteiger partial charge in [0, 0.05) is 18.0 Å². The molecule has 1 aromatic carbocycles. The lowest BCUT2D eigenvalue weighted by molar-refractivity contribution is 0.0846. The molecular formula is C15H15N3O3. The number of nitrogens with zero attached hydrogens (tertiary/aromatic N) is 1. The fourth-order valence-electron chi connectivity index (χ4n) is 1.62. The number of amides is 2. The summed E-state index contributed by atoms with van der Waals surface area (Å²) in [6.07, 6.45) is 2.98. The summed E-state index contributed by atoms with van der Waals surface area (Å²) in [5.74, 6) is -0.147. The first-order valence-electron chi connectivity index (χ1n) is 6.44. The molecule has 0 aliphatic rings. The molecule has 108 valence electrons. The molecule has 2 rings (SSSR count). The van der Waals surface area contributed by atoms with Gasteiger partial charge in [0.25, 0.3) is 11.8 Å². The molecule has 2 N–H and O–H groups in total. The van der Waals surface area contributed by atoms with Gasteiger partial charge in [0.05, 0.1) is 12.2 Å². The van der Waals surface area contributed by atoms with Crippen LogP contribution in [0.3, 0.4) is 0 Å². The standard InChI is InChI=1S/C15H15N3O3/c1-2-21-13-7-5-11(6-8-13)14(19)17-18-15(20)12-4-3-9-16-10-12/h3-10H,2H2,1H3,(H,17,19)(H,18,20). The number of benzene rings is 1. The van der Waals surface area contributed by atoms with Gasteiger partial charge in [-0.15, -0.1) is 0 Å². The largest absolute Gasteiger partial charge is 0.494 e. The van der Waals surface area contributed by atoms with Crippen molar-refractivity contribution in [2.45, 2.75) is 6.92 Å². The number of aromatic nitrogens is 1. The van der Waals surface area contributed by atoms with E-state index in [9.17, 15) is 9.59 Å². The van der Waals surface area contributed by atoms with E-state index in [-0.39, 0.29) is 0 Å². The topological polar surface area (TPSA) is 80.3 Å². The molecule has 1 heterocycles. The van der Waals surface area contributed by atoms with Crippen molar-refractivity contribution in [2.24, 2.45) is 0 Å². The highest BCUT2D eigenvalue weighted by Gasteiger charge is 2.09. The maximum Gasteiger partial charge on any atom is 0.271 e. The van der Waals surface area contributed by atoms with Gasteiger partial charge < -0.3 is 4.74 Å². The minimum Gasteiger partial charge on any atom is -0.494 e. The first kappa shape index (κ1) is 14.5. The highest BCUT2D eigenvalue weighted by atomic mass is 16.5. The van der Waals surface area contributed by atoms with E-state index in [1.165, 1.54) is 6.20 Å². The lowest BCUT2D eigenvalue weighted by Gasteiger charge is -2.08. The highest BCUT2D eigenvalue weighted by Crippen LogP contribution is 2.11. The van der Waals surface area contributed by atoms with Crippen LogP contribution in [0.5, 0.6) is 5.75 Å². The number of hydrogen-bond acceptors (Lipinski definition) is 4. The molecule has 1 aromatic heterocycles. The Balaban J connectivity index is 1.91. The van der Waals surface area contributed by atoms with E-state index in [0.717, 1.165) is 0 Å². The summed E-state index contributed by atoms with van der Waals surface area (Å²) in [6, 6.07) is 9.88. The van der Waals surface area contributed by atoms with Crippen molar-refractivity contribution >= 4 is 11.8 Å². The SMILES string of the molecule is CCOc1ccc(C(=O)NNC(=O)c2cccnc2)cc1. The first-order chi connectivity index (χ1) is 10.2. The Morgan fingerprint density at radius 3 is 2.29 bits per heavy atom. The molecule has 0 aliphatic carbocycles. The third kappa shape index (κ3) is 4.04. The van der Waals surface area contributed by atoms with Crippen molar-refractivity contribution < 1.29 is 14.3 Å². The predicted octanol–water partition coefficient (Wildman–Crippen LogP) is 1.56. The summed E-state index contributed by atoms with van der Waals surface area (Å²) < 4.78 is 5.29.